The Labute approximate surface area is 128 Å². The Morgan fingerprint density at radius 3 is 2.48 bits per heavy atom. The number of benzene rings is 1. The van der Waals surface area contributed by atoms with E-state index in [1.807, 2.05) is 35.2 Å². The fourth-order valence-corrected chi connectivity index (χ4v) is 3.26. The molecule has 21 heavy (non-hydrogen) atoms. The summed E-state index contributed by atoms with van der Waals surface area (Å²) in [5.74, 6) is 0.728. The third-order valence-electron chi connectivity index (χ3n) is 4.70. The molecule has 1 aromatic carbocycles. The molecule has 0 aliphatic carbocycles. The molecule has 1 saturated heterocycles. The quantitative estimate of drug-likeness (QED) is 0.926. The second-order valence-corrected chi connectivity index (χ2v) is 7.09. The first kappa shape index (κ1) is 16.0. The topological polar surface area (TPSA) is 40.5 Å². The lowest BCUT2D eigenvalue weighted by Gasteiger charge is -2.32. The van der Waals surface area contributed by atoms with E-state index in [1.54, 1.807) is 0 Å². The molecule has 1 fully saturated rings. The molecule has 2 rings (SSSR count). The van der Waals surface area contributed by atoms with Gasteiger partial charge in [-0.2, -0.15) is 0 Å². The van der Waals surface area contributed by atoms with Crippen LogP contribution in [-0.4, -0.2) is 29.1 Å². The van der Waals surface area contributed by atoms with Crippen molar-refractivity contribution in [3.63, 3.8) is 0 Å². The SMILES string of the molecule is CC(C)(C)[C@@H]1CCC(=O)N([C@@H](CO)c2ccccc2)CC1. The van der Waals surface area contributed by atoms with Crippen LogP contribution in [-0.2, 0) is 4.79 Å². The summed E-state index contributed by atoms with van der Waals surface area (Å²) in [6.45, 7) is 7.46. The van der Waals surface area contributed by atoms with Gasteiger partial charge in [-0.3, -0.25) is 4.79 Å². The highest BCUT2D eigenvalue weighted by Crippen LogP contribution is 2.36. The molecule has 0 radical (unpaired) electrons. The Bertz CT molecular complexity index is 464. The summed E-state index contributed by atoms with van der Waals surface area (Å²) in [5.41, 5.74) is 1.25. The van der Waals surface area contributed by atoms with Crippen LogP contribution in [0.4, 0.5) is 0 Å². The molecule has 2 atom stereocenters. The molecule has 3 nitrogen and oxygen atoms in total. The van der Waals surface area contributed by atoms with Crippen LogP contribution in [0.5, 0.6) is 0 Å². The van der Waals surface area contributed by atoms with Gasteiger partial charge in [0.2, 0.25) is 5.91 Å². The van der Waals surface area contributed by atoms with Gasteiger partial charge < -0.3 is 10.0 Å². The van der Waals surface area contributed by atoms with Crippen LogP contribution in [0.15, 0.2) is 30.3 Å². The van der Waals surface area contributed by atoms with Gasteiger partial charge in [-0.05, 0) is 29.7 Å². The van der Waals surface area contributed by atoms with Gasteiger partial charge in [0.15, 0.2) is 0 Å². The van der Waals surface area contributed by atoms with Crippen molar-refractivity contribution in [3.05, 3.63) is 35.9 Å². The van der Waals surface area contributed by atoms with Crippen molar-refractivity contribution in [2.24, 2.45) is 11.3 Å². The number of nitrogens with zero attached hydrogens (tertiary/aromatic N) is 1. The third kappa shape index (κ3) is 3.85. The number of carbonyl (C=O) groups is 1. The molecule has 0 spiro atoms. The van der Waals surface area contributed by atoms with Gasteiger partial charge >= 0.3 is 0 Å². The van der Waals surface area contributed by atoms with Crippen LogP contribution in [0, 0.1) is 11.3 Å². The van der Waals surface area contributed by atoms with Crippen molar-refractivity contribution in [1.29, 1.82) is 0 Å². The largest absolute Gasteiger partial charge is 0.394 e. The van der Waals surface area contributed by atoms with Crippen LogP contribution in [0.3, 0.4) is 0 Å². The normalized spacial score (nSPS) is 22.0. The van der Waals surface area contributed by atoms with Gasteiger partial charge in [0.05, 0.1) is 12.6 Å². The molecule has 1 aromatic rings. The van der Waals surface area contributed by atoms with Crippen molar-refractivity contribution in [2.45, 2.75) is 46.1 Å². The molecule has 1 amide bonds. The van der Waals surface area contributed by atoms with Gasteiger partial charge in [-0.15, -0.1) is 0 Å². The number of hydrogen-bond donors (Lipinski definition) is 1. The summed E-state index contributed by atoms with van der Waals surface area (Å²) in [6, 6.07) is 9.63. The van der Waals surface area contributed by atoms with Crippen LogP contribution >= 0.6 is 0 Å². The Morgan fingerprint density at radius 2 is 1.90 bits per heavy atom. The Morgan fingerprint density at radius 1 is 1.24 bits per heavy atom. The van der Waals surface area contributed by atoms with Crippen molar-refractivity contribution in [1.82, 2.24) is 4.90 Å². The maximum Gasteiger partial charge on any atom is 0.223 e. The Hall–Kier alpha value is -1.35. The maximum absolute atomic E-state index is 12.5. The minimum absolute atomic E-state index is 0.0179. The minimum atomic E-state index is -0.211. The molecular weight excluding hydrogens is 262 g/mol. The van der Waals surface area contributed by atoms with E-state index in [-0.39, 0.29) is 24.0 Å². The molecule has 1 aliphatic heterocycles. The van der Waals surface area contributed by atoms with Crippen LogP contribution < -0.4 is 0 Å². The molecule has 0 unspecified atom stereocenters. The van der Waals surface area contributed by atoms with Crippen molar-refractivity contribution in [2.75, 3.05) is 13.2 Å². The standard InChI is InChI=1S/C18H27NO2/c1-18(2,3)15-9-10-17(21)19(12-11-15)16(13-20)14-7-5-4-6-8-14/h4-8,15-16,20H,9-13H2,1-3H3/t15-,16+/m1/s1. The molecular formula is C18H27NO2. The highest BCUT2D eigenvalue weighted by molar-refractivity contribution is 5.77. The van der Waals surface area contributed by atoms with E-state index < -0.39 is 0 Å². The van der Waals surface area contributed by atoms with E-state index >= 15 is 0 Å². The first-order valence-electron chi connectivity index (χ1n) is 7.88. The second kappa shape index (κ2) is 6.61. The van der Waals surface area contributed by atoms with Gasteiger partial charge in [0, 0.05) is 13.0 Å². The highest BCUT2D eigenvalue weighted by atomic mass is 16.3. The maximum atomic E-state index is 12.5. The van der Waals surface area contributed by atoms with Crippen LogP contribution in [0.2, 0.25) is 0 Å². The van der Waals surface area contributed by atoms with Gasteiger partial charge in [-0.1, -0.05) is 51.1 Å². The zero-order valence-electron chi connectivity index (χ0n) is 13.4. The van der Waals surface area contributed by atoms with E-state index in [9.17, 15) is 9.90 Å². The van der Waals surface area contributed by atoms with E-state index in [4.69, 9.17) is 0 Å². The minimum Gasteiger partial charge on any atom is -0.394 e. The molecule has 0 bridgehead atoms. The van der Waals surface area contributed by atoms with Gasteiger partial charge in [-0.25, -0.2) is 0 Å². The fourth-order valence-electron chi connectivity index (χ4n) is 3.26. The number of rotatable bonds is 3. The zero-order valence-corrected chi connectivity index (χ0v) is 13.4. The molecule has 1 N–H and O–H groups in total. The van der Waals surface area contributed by atoms with Crippen molar-refractivity contribution >= 4 is 5.91 Å². The molecule has 1 heterocycles. The zero-order chi connectivity index (χ0) is 15.5. The number of aliphatic hydroxyl groups excluding tert-OH is 1. The van der Waals surface area contributed by atoms with Gasteiger partial charge in [0.25, 0.3) is 0 Å². The summed E-state index contributed by atoms with van der Waals surface area (Å²) in [4.78, 5) is 14.4. The predicted molar refractivity (Wildman–Crippen MR) is 84.8 cm³/mol. The number of likely N-dealkylation sites (tertiary alicyclic amines) is 1. The first-order valence-corrected chi connectivity index (χ1v) is 7.88. The lowest BCUT2D eigenvalue weighted by Crippen LogP contribution is -2.36. The van der Waals surface area contributed by atoms with E-state index in [0.29, 0.717) is 12.3 Å². The monoisotopic (exact) mass is 289 g/mol. The summed E-state index contributed by atoms with van der Waals surface area (Å²) in [7, 11) is 0. The molecule has 0 aromatic heterocycles. The molecule has 3 heteroatoms. The molecule has 116 valence electrons. The average Bonchev–Trinajstić information content (AvgIpc) is 2.64. The predicted octanol–water partition coefficient (Wildman–Crippen LogP) is 3.39. The smallest absolute Gasteiger partial charge is 0.223 e. The van der Waals surface area contributed by atoms with E-state index in [1.165, 1.54) is 0 Å². The fraction of sp³-hybridized carbons (Fsp3) is 0.611. The Balaban J connectivity index is 2.16. The van der Waals surface area contributed by atoms with E-state index in [0.717, 1.165) is 24.9 Å². The van der Waals surface area contributed by atoms with Crippen LogP contribution in [0.1, 0.15) is 51.6 Å². The van der Waals surface area contributed by atoms with Gasteiger partial charge in [0.1, 0.15) is 0 Å². The number of carbonyl (C=O) groups excluding carboxylic acids is 1. The second-order valence-electron chi connectivity index (χ2n) is 7.09. The number of amides is 1. The average molecular weight is 289 g/mol. The Kier molecular flexibility index (Phi) is 5.04. The first-order chi connectivity index (χ1) is 9.93. The summed E-state index contributed by atoms with van der Waals surface area (Å²) in [5, 5.41) is 9.77. The molecule has 0 saturated carbocycles. The summed E-state index contributed by atoms with van der Waals surface area (Å²) < 4.78 is 0. The lowest BCUT2D eigenvalue weighted by molar-refractivity contribution is -0.134. The van der Waals surface area contributed by atoms with Crippen molar-refractivity contribution in [3.8, 4) is 0 Å². The summed E-state index contributed by atoms with van der Waals surface area (Å²) in [6.07, 6.45) is 2.55. The van der Waals surface area contributed by atoms with Crippen molar-refractivity contribution < 1.29 is 9.90 Å². The highest BCUT2D eigenvalue weighted by Gasteiger charge is 2.32. The third-order valence-corrected chi connectivity index (χ3v) is 4.70. The lowest BCUT2D eigenvalue weighted by atomic mass is 9.76. The number of hydrogen-bond acceptors (Lipinski definition) is 2. The number of aliphatic hydroxyl groups is 1. The van der Waals surface area contributed by atoms with E-state index in [2.05, 4.69) is 20.8 Å². The van der Waals surface area contributed by atoms with Crippen LogP contribution in [0.25, 0.3) is 0 Å². The molecule has 1 aliphatic rings. The summed E-state index contributed by atoms with van der Waals surface area (Å²) >= 11 is 0.